The summed E-state index contributed by atoms with van der Waals surface area (Å²) in [6, 6.07) is 5.01. The van der Waals surface area contributed by atoms with E-state index in [-0.39, 0.29) is 5.70 Å². The molecule has 3 rings (SSSR count). The Bertz CT molecular complexity index is 941. The lowest BCUT2D eigenvalue weighted by Gasteiger charge is -2.08. The number of urea groups is 1. The van der Waals surface area contributed by atoms with E-state index in [1.54, 1.807) is 12.3 Å². The highest BCUT2D eigenvalue weighted by molar-refractivity contribution is 6.15. The zero-order valence-electron chi connectivity index (χ0n) is 14.6. The second-order valence-electron chi connectivity index (χ2n) is 6.13. The van der Waals surface area contributed by atoms with Crippen LogP contribution >= 0.6 is 0 Å². The normalized spacial score (nSPS) is 15.7. The molecule has 0 spiro atoms. The van der Waals surface area contributed by atoms with Crippen molar-refractivity contribution in [2.24, 2.45) is 0 Å². The van der Waals surface area contributed by atoms with E-state index in [1.165, 1.54) is 0 Å². The fraction of sp³-hybridized carbons (Fsp3) is 0.222. The van der Waals surface area contributed by atoms with Gasteiger partial charge in [0.05, 0.1) is 0 Å². The molecule has 1 aliphatic rings. The van der Waals surface area contributed by atoms with Gasteiger partial charge in [-0.05, 0) is 50.1 Å². The molecule has 0 aromatic carbocycles. The van der Waals surface area contributed by atoms with Crippen LogP contribution in [0.2, 0.25) is 0 Å². The summed E-state index contributed by atoms with van der Waals surface area (Å²) in [5, 5.41) is 11.2. The molecule has 0 bridgehead atoms. The molecule has 2 N–H and O–H groups in total. The molecule has 2 aromatic heterocycles. The molecule has 0 atom stereocenters. The summed E-state index contributed by atoms with van der Waals surface area (Å²) in [6.45, 7) is 5.09. The molecular weight excluding hydrogens is 336 g/mol. The largest absolute Gasteiger partial charge is 0.480 e. The van der Waals surface area contributed by atoms with E-state index in [9.17, 15) is 14.4 Å². The van der Waals surface area contributed by atoms with Crippen LogP contribution in [0.4, 0.5) is 4.79 Å². The van der Waals surface area contributed by atoms with Crippen molar-refractivity contribution < 1.29 is 19.5 Å². The van der Waals surface area contributed by atoms with Crippen molar-refractivity contribution in [1.82, 2.24) is 19.8 Å². The predicted molar refractivity (Wildman–Crippen MR) is 93.6 cm³/mol. The molecule has 26 heavy (non-hydrogen) atoms. The number of aromatic nitrogens is 2. The van der Waals surface area contributed by atoms with Gasteiger partial charge in [0, 0.05) is 17.6 Å². The number of aryl methyl sites for hydroxylation is 2. The number of hydrogen-bond acceptors (Lipinski definition) is 4. The number of carbonyl (C=O) groups excluding carboxylic acids is 2. The Labute approximate surface area is 149 Å². The Morgan fingerprint density at radius 2 is 2.00 bits per heavy atom. The quantitative estimate of drug-likeness (QED) is 0.643. The summed E-state index contributed by atoms with van der Waals surface area (Å²) >= 11 is 0. The molecule has 0 radical (unpaired) electrons. The van der Waals surface area contributed by atoms with Crippen LogP contribution in [-0.2, 0) is 9.59 Å². The van der Waals surface area contributed by atoms with Gasteiger partial charge >= 0.3 is 12.0 Å². The minimum absolute atomic E-state index is 0.0494. The van der Waals surface area contributed by atoms with Crippen LogP contribution in [0.5, 0.6) is 0 Å². The SMILES string of the molecule is Cc1ccc(-n2c(C)cc(/C=C3/NC(=O)N(CC(=O)O)C3=O)c2C)nc1. The summed E-state index contributed by atoms with van der Waals surface area (Å²) in [5.74, 6) is -1.15. The second kappa shape index (κ2) is 6.47. The van der Waals surface area contributed by atoms with Gasteiger partial charge in [-0.2, -0.15) is 0 Å². The predicted octanol–water partition coefficient (Wildman–Crippen LogP) is 1.77. The van der Waals surface area contributed by atoms with Crippen molar-refractivity contribution in [2.45, 2.75) is 20.8 Å². The molecule has 0 aliphatic carbocycles. The van der Waals surface area contributed by atoms with Crippen LogP contribution in [0.25, 0.3) is 11.9 Å². The van der Waals surface area contributed by atoms with E-state index in [0.29, 0.717) is 4.90 Å². The minimum Gasteiger partial charge on any atom is -0.480 e. The third kappa shape index (κ3) is 3.08. The zero-order chi connectivity index (χ0) is 19.0. The average Bonchev–Trinajstić information content (AvgIpc) is 2.99. The highest BCUT2D eigenvalue weighted by atomic mass is 16.4. The molecular formula is C18H18N4O4. The summed E-state index contributed by atoms with van der Waals surface area (Å²) in [7, 11) is 0. The molecule has 8 heteroatoms. The highest BCUT2D eigenvalue weighted by Gasteiger charge is 2.35. The van der Waals surface area contributed by atoms with Gasteiger partial charge in [0.1, 0.15) is 18.1 Å². The molecule has 3 amide bonds. The number of pyridine rings is 1. The van der Waals surface area contributed by atoms with E-state index < -0.39 is 24.5 Å². The van der Waals surface area contributed by atoms with Gasteiger partial charge in [0.2, 0.25) is 0 Å². The number of carbonyl (C=O) groups is 3. The maximum atomic E-state index is 12.3. The maximum Gasteiger partial charge on any atom is 0.329 e. The standard InChI is InChI=1S/C18H18N4O4/c1-10-4-5-15(19-8-10)22-11(2)6-13(12(22)3)7-14-17(25)21(9-16(23)24)18(26)20-14/h4-8H,9H2,1-3H3,(H,20,26)(H,23,24)/b14-7+. The molecule has 134 valence electrons. The molecule has 1 saturated heterocycles. The van der Waals surface area contributed by atoms with Crippen LogP contribution in [0.1, 0.15) is 22.5 Å². The van der Waals surface area contributed by atoms with Crippen molar-refractivity contribution >= 4 is 24.0 Å². The molecule has 1 fully saturated rings. The Hall–Kier alpha value is -3.42. The summed E-state index contributed by atoms with van der Waals surface area (Å²) in [6.07, 6.45) is 3.33. The number of nitrogens with zero attached hydrogens (tertiary/aromatic N) is 3. The van der Waals surface area contributed by atoms with Gasteiger partial charge < -0.3 is 15.0 Å². The van der Waals surface area contributed by atoms with E-state index in [0.717, 1.165) is 28.3 Å². The number of imide groups is 1. The van der Waals surface area contributed by atoms with Crippen LogP contribution < -0.4 is 5.32 Å². The summed E-state index contributed by atoms with van der Waals surface area (Å²) in [5.41, 5.74) is 3.62. The number of rotatable bonds is 4. The monoisotopic (exact) mass is 354 g/mol. The number of amides is 3. The minimum atomic E-state index is -1.25. The first-order chi connectivity index (χ1) is 12.3. The number of hydrogen-bond donors (Lipinski definition) is 2. The fourth-order valence-corrected chi connectivity index (χ4v) is 2.88. The number of aliphatic carboxylic acids is 1. The molecule has 1 aliphatic heterocycles. The van der Waals surface area contributed by atoms with Crippen LogP contribution in [0.15, 0.2) is 30.1 Å². The highest BCUT2D eigenvalue weighted by Crippen LogP contribution is 2.23. The number of nitrogens with one attached hydrogen (secondary N) is 1. The first-order valence-electron chi connectivity index (χ1n) is 7.96. The van der Waals surface area contributed by atoms with Gasteiger partial charge in [0.15, 0.2) is 0 Å². The Morgan fingerprint density at radius 3 is 2.62 bits per heavy atom. The van der Waals surface area contributed by atoms with Crippen molar-refractivity contribution in [3.8, 4) is 5.82 Å². The average molecular weight is 354 g/mol. The van der Waals surface area contributed by atoms with Crippen LogP contribution in [-0.4, -0.2) is 44.0 Å². The molecule has 0 unspecified atom stereocenters. The van der Waals surface area contributed by atoms with Gasteiger partial charge in [-0.25, -0.2) is 14.7 Å². The van der Waals surface area contributed by atoms with Crippen molar-refractivity contribution in [2.75, 3.05) is 6.54 Å². The third-order valence-electron chi connectivity index (χ3n) is 4.15. The van der Waals surface area contributed by atoms with Crippen molar-refractivity contribution in [3.63, 3.8) is 0 Å². The topological polar surface area (TPSA) is 105 Å². The lowest BCUT2D eigenvalue weighted by molar-refractivity contribution is -0.140. The van der Waals surface area contributed by atoms with E-state index in [1.807, 2.05) is 43.5 Å². The van der Waals surface area contributed by atoms with Gasteiger partial charge in [0.25, 0.3) is 5.91 Å². The first kappa shape index (κ1) is 17.4. The third-order valence-corrected chi connectivity index (χ3v) is 4.15. The van der Waals surface area contributed by atoms with E-state index in [4.69, 9.17) is 5.11 Å². The van der Waals surface area contributed by atoms with E-state index in [2.05, 4.69) is 10.3 Å². The molecule has 8 nitrogen and oxygen atoms in total. The molecule has 2 aromatic rings. The fourth-order valence-electron chi connectivity index (χ4n) is 2.88. The Kier molecular flexibility index (Phi) is 4.33. The molecule has 0 saturated carbocycles. The molecule has 3 heterocycles. The Balaban J connectivity index is 1.96. The first-order valence-corrected chi connectivity index (χ1v) is 7.96. The lowest BCUT2D eigenvalue weighted by atomic mass is 10.2. The second-order valence-corrected chi connectivity index (χ2v) is 6.13. The van der Waals surface area contributed by atoms with Gasteiger partial charge in [-0.15, -0.1) is 0 Å². The zero-order valence-corrected chi connectivity index (χ0v) is 14.6. The van der Waals surface area contributed by atoms with Crippen LogP contribution in [0, 0.1) is 20.8 Å². The number of carboxylic acids is 1. The van der Waals surface area contributed by atoms with Crippen molar-refractivity contribution in [1.29, 1.82) is 0 Å². The maximum absolute atomic E-state index is 12.3. The van der Waals surface area contributed by atoms with Crippen molar-refractivity contribution in [3.05, 3.63) is 52.6 Å². The van der Waals surface area contributed by atoms with E-state index >= 15 is 0 Å². The number of carboxylic acid groups (broad SMARTS) is 1. The van der Waals surface area contributed by atoms with Gasteiger partial charge in [-0.3, -0.25) is 9.59 Å². The van der Waals surface area contributed by atoms with Gasteiger partial charge in [-0.1, -0.05) is 6.07 Å². The summed E-state index contributed by atoms with van der Waals surface area (Å²) in [4.78, 5) is 39.9. The lowest BCUT2D eigenvalue weighted by Crippen LogP contribution is -2.35. The smallest absolute Gasteiger partial charge is 0.329 e. The summed E-state index contributed by atoms with van der Waals surface area (Å²) < 4.78 is 1.95. The van der Waals surface area contributed by atoms with Crippen LogP contribution in [0.3, 0.4) is 0 Å². The Morgan fingerprint density at radius 1 is 1.27 bits per heavy atom.